The van der Waals surface area contributed by atoms with Crippen LogP contribution < -0.4 is 11.5 Å². The van der Waals surface area contributed by atoms with Gasteiger partial charge in [-0.1, -0.05) is 6.92 Å². The van der Waals surface area contributed by atoms with Crippen LogP contribution in [0, 0.1) is 17.1 Å². The van der Waals surface area contributed by atoms with Gasteiger partial charge >= 0.3 is 0 Å². The van der Waals surface area contributed by atoms with Gasteiger partial charge < -0.3 is 16.4 Å². The van der Waals surface area contributed by atoms with Gasteiger partial charge in [0.1, 0.15) is 23.3 Å². The summed E-state index contributed by atoms with van der Waals surface area (Å²) < 4.78 is 13.9. The van der Waals surface area contributed by atoms with E-state index < -0.39 is 0 Å². The van der Waals surface area contributed by atoms with Crippen LogP contribution in [0.2, 0.25) is 0 Å². The Morgan fingerprint density at radius 2 is 1.85 bits per heavy atom. The zero-order valence-corrected chi connectivity index (χ0v) is 14.7. The smallest absolute Gasteiger partial charge is 0.222 e. The first-order valence-electron chi connectivity index (χ1n) is 8.58. The Bertz CT molecular complexity index is 838. The number of nitrogen functional groups attached to an aromatic ring is 2. The predicted octanol–water partition coefficient (Wildman–Crippen LogP) is 1.46. The summed E-state index contributed by atoms with van der Waals surface area (Å²) in [6.45, 7) is 7.53. The molecule has 136 valence electrons. The molecule has 26 heavy (non-hydrogen) atoms. The molecule has 1 aromatic heterocycles. The van der Waals surface area contributed by atoms with Crippen molar-refractivity contribution < 1.29 is 4.39 Å². The maximum absolute atomic E-state index is 13.9. The number of benzene rings is 1. The number of nitriles is 1. The van der Waals surface area contributed by atoms with Crippen molar-refractivity contribution >= 4 is 11.8 Å². The third-order valence-corrected chi connectivity index (χ3v) is 4.69. The predicted molar refractivity (Wildman–Crippen MR) is 98.4 cm³/mol. The maximum Gasteiger partial charge on any atom is 0.222 e. The Balaban J connectivity index is 1.96. The number of likely N-dealkylation sites (N-methyl/N-ethyl adjacent to an activating group) is 1. The zero-order chi connectivity index (χ0) is 18.7. The highest BCUT2D eigenvalue weighted by atomic mass is 19.1. The first-order valence-corrected chi connectivity index (χ1v) is 8.58. The number of hydrogen-bond acceptors (Lipinski definition) is 7. The van der Waals surface area contributed by atoms with Gasteiger partial charge in [-0.3, -0.25) is 4.90 Å². The molecular formula is C18H22FN7. The Labute approximate surface area is 152 Å². The Kier molecular flexibility index (Phi) is 5.30. The first-order chi connectivity index (χ1) is 12.5. The summed E-state index contributed by atoms with van der Waals surface area (Å²) >= 11 is 0. The van der Waals surface area contributed by atoms with Crippen molar-refractivity contribution in [3.8, 4) is 17.3 Å². The summed E-state index contributed by atoms with van der Waals surface area (Å²) in [6.07, 6.45) is 0. The molecule has 1 aromatic carbocycles. The third-order valence-electron chi connectivity index (χ3n) is 4.69. The second kappa shape index (κ2) is 7.64. The van der Waals surface area contributed by atoms with Gasteiger partial charge in [0.2, 0.25) is 5.95 Å². The summed E-state index contributed by atoms with van der Waals surface area (Å²) in [7, 11) is 0. The van der Waals surface area contributed by atoms with E-state index in [1.807, 2.05) is 6.07 Å². The van der Waals surface area contributed by atoms with E-state index in [1.54, 1.807) is 6.07 Å². The maximum atomic E-state index is 13.9. The van der Waals surface area contributed by atoms with E-state index >= 15 is 0 Å². The number of nitrogens with two attached hydrogens (primary N) is 2. The van der Waals surface area contributed by atoms with E-state index in [2.05, 4.69) is 26.7 Å². The first kappa shape index (κ1) is 18.0. The lowest BCUT2D eigenvalue weighted by molar-refractivity contribution is 0.132. The van der Waals surface area contributed by atoms with Crippen molar-refractivity contribution in [1.29, 1.82) is 5.26 Å². The van der Waals surface area contributed by atoms with Gasteiger partial charge in [0.05, 0.1) is 5.69 Å². The average molecular weight is 355 g/mol. The van der Waals surface area contributed by atoms with Gasteiger partial charge in [0.15, 0.2) is 0 Å². The highest BCUT2D eigenvalue weighted by Gasteiger charge is 2.20. The molecule has 4 N–H and O–H groups in total. The fourth-order valence-electron chi connectivity index (χ4n) is 3.23. The molecule has 2 heterocycles. The number of halogens is 1. The van der Waals surface area contributed by atoms with Crippen molar-refractivity contribution in [1.82, 2.24) is 19.8 Å². The fraction of sp³-hybridized carbons (Fsp3) is 0.389. The molecule has 7 nitrogen and oxygen atoms in total. The monoisotopic (exact) mass is 355 g/mol. The Morgan fingerprint density at radius 1 is 1.15 bits per heavy atom. The molecule has 2 aromatic rings. The third kappa shape index (κ3) is 3.74. The molecule has 1 aliphatic rings. The molecule has 8 heteroatoms. The molecular weight excluding hydrogens is 333 g/mol. The summed E-state index contributed by atoms with van der Waals surface area (Å²) in [5, 5.41) is 9.43. The highest BCUT2D eigenvalue weighted by molar-refractivity contribution is 5.75. The SMILES string of the molecule is CCN1CCN(Cc2cc(F)ccc2-c2nc(N)nc(N)c2C#N)CC1. The number of aromatic nitrogens is 2. The minimum Gasteiger partial charge on any atom is -0.382 e. The van der Waals surface area contributed by atoms with Crippen molar-refractivity contribution in [2.24, 2.45) is 0 Å². The van der Waals surface area contributed by atoms with Gasteiger partial charge in [0.25, 0.3) is 0 Å². The van der Waals surface area contributed by atoms with Crippen LogP contribution in [-0.4, -0.2) is 52.5 Å². The standard InChI is InChI=1S/C18H22FN7/c1-2-25-5-7-26(8-6-25)11-12-9-13(19)3-4-14(12)16-15(10-20)17(21)24-18(22)23-16/h3-4,9H,2,5-8,11H2,1H3,(H4,21,22,23,24). The topological polar surface area (TPSA) is 108 Å². The lowest BCUT2D eigenvalue weighted by atomic mass is 10.00. The van der Waals surface area contributed by atoms with Crippen LogP contribution in [0.5, 0.6) is 0 Å². The van der Waals surface area contributed by atoms with E-state index in [0.717, 1.165) is 38.3 Å². The van der Waals surface area contributed by atoms with E-state index in [-0.39, 0.29) is 23.1 Å². The van der Waals surface area contributed by atoms with Crippen LogP contribution in [-0.2, 0) is 6.54 Å². The molecule has 1 fully saturated rings. The van der Waals surface area contributed by atoms with Gasteiger partial charge in [-0.25, -0.2) is 9.37 Å². The quantitative estimate of drug-likeness (QED) is 0.854. The van der Waals surface area contributed by atoms with Crippen LogP contribution in [0.25, 0.3) is 11.3 Å². The summed E-state index contributed by atoms with van der Waals surface area (Å²) in [5.41, 5.74) is 13.4. The van der Waals surface area contributed by atoms with Crippen LogP contribution in [0.15, 0.2) is 18.2 Å². The van der Waals surface area contributed by atoms with E-state index in [0.29, 0.717) is 17.8 Å². The van der Waals surface area contributed by atoms with Gasteiger partial charge in [0, 0.05) is 38.3 Å². The number of hydrogen-bond donors (Lipinski definition) is 2. The highest BCUT2D eigenvalue weighted by Crippen LogP contribution is 2.29. The molecule has 0 amide bonds. The number of rotatable bonds is 4. The molecule has 0 aliphatic carbocycles. The second-order valence-electron chi connectivity index (χ2n) is 6.31. The molecule has 0 unspecified atom stereocenters. The van der Waals surface area contributed by atoms with Crippen molar-refractivity contribution in [2.75, 3.05) is 44.2 Å². The van der Waals surface area contributed by atoms with Crippen LogP contribution in [0.4, 0.5) is 16.2 Å². The molecule has 1 saturated heterocycles. The van der Waals surface area contributed by atoms with Crippen molar-refractivity contribution in [2.45, 2.75) is 13.5 Å². The van der Waals surface area contributed by atoms with Crippen LogP contribution >= 0.6 is 0 Å². The van der Waals surface area contributed by atoms with Gasteiger partial charge in [-0.15, -0.1) is 0 Å². The van der Waals surface area contributed by atoms with Crippen LogP contribution in [0.3, 0.4) is 0 Å². The zero-order valence-electron chi connectivity index (χ0n) is 14.7. The van der Waals surface area contributed by atoms with Gasteiger partial charge in [-0.05, 0) is 30.3 Å². The van der Waals surface area contributed by atoms with Crippen molar-refractivity contribution in [3.05, 3.63) is 35.1 Å². The summed E-state index contributed by atoms with van der Waals surface area (Å²) in [6, 6.07) is 6.48. The van der Waals surface area contributed by atoms with E-state index in [4.69, 9.17) is 11.5 Å². The lowest BCUT2D eigenvalue weighted by Crippen LogP contribution is -2.45. The Morgan fingerprint density at radius 3 is 2.50 bits per heavy atom. The molecule has 0 saturated carbocycles. The molecule has 0 radical (unpaired) electrons. The normalized spacial score (nSPS) is 15.7. The molecule has 0 spiro atoms. The van der Waals surface area contributed by atoms with Crippen molar-refractivity contribution in [3.63, 3.8) is 0 Å². The minimum absolute atomic E-state index is 0.0108. The summed E-state index contributed by atoms with van der Waals surface area (Å²) in [4.78, 5) is 12.7. The molecule has 0 bridgehead atoms. The largest absolute Gasteiger partial charge is 0.382 e. The number of anilines is 2. The van der Waals surface area contributed by atoms with E-state index in [9.17, 15) is 9.65 Å². The average Bonchev–Trinajstić information content (AvgIpc) is 2.62. The number of piperazine rings is 1. The number of nitrogens with zero attached hydrogens (tertiary/aromatic N) is 5. The van der Waals surface area contributed by atoms with Gasteiger partial charge in [-0.2, -0.15) is 10.2 Å². The summed E-state index contributed by atoms with van der Waals surface area (Å²) in [5.74, 6) is -0.311. The molecule has 0 atom stereocenters. The van der Waals surface area contributed by atoms with E-state index in [1.165, 1.54) is 12.1 Å². The molecule has 1 aliphatic heterocycles. The Hall–Kier alpha value is -2.76. The lowest BCUT2D eigenvalue weighted by Gasteiger charge is -2.34. The minimum atomic E-state index is -0.329. The fourth-order valence-corrected chi connectivity index (χ4v) is 3.23. The van der Waals surface area contributed by atoms with Crippen LogP contribution in [0.1, 0.15) is 18.1 Å². The second-order valence-corrected chi connectivity index (χ2v) is 6.31. The molecule has 3 rings (SSSR count).